The van der Waals surface area contributed by atoms with Crippen molar-refractivity contribution in [3.8, 4) is 5.75 Å². The molecule has 0 spiro atoms. The van der Waals surface area contributed by atoms with Crippen molar-refractivity contribution in [2.45, 2.75) is 19.9 Å². The summed E-state index contributed by atoms with van der Waals surface area (Å²) < 4.78 is 39.7. The van der Waals surface area contributed by atoms with Gasteiger partial charge in [0, 0.05) is 6.07 Å². The number of halogens is 2. The van der Waals surface area contributed by atoms with Crippen LogP contribution in [-0.4, -0.2) is 29.7 Å². The molecule has 0 radical (unpaired) electrons. The summed E-state index contributed by atoms with van der Waals surface area (Å²) in [5.41, 5.74) is -0.00320. The largest absolute Gasteiger partial charge is 0.493 e. The standard InChI is InChI=1S/C20H18F2N2O4S/c1-2-27-18(26)12-24-19-15(22)10-13(21)11-16(19)29-20(24)23-17(25)8-9-28-14-6-4-3-5-7-14/h3-7,10-11H,2,8-9,12H2,1H3. The highest BCUT2D eigenvalue weighted by atomic mass is 32.1. The quantitative estimate of drug-likeness (QED) is 0.549. The highest BCUT2D eigenvalue weighted by Gasteiger charge is 2.16. The molecule has 0 saturated heterocycles. The van der Waals surface area contributed by atoms with Gasteiger partial charge in [0.05, 0.1) is 29.9 Å². The molecule has 0 aliphatic heterocycles. The normalized spacial score (nSPS) is 11.6. The lowest BCUT2D eigenvalue weighted by Gasteiger charge is -2.06. The second-order valence-corrected chi connectivity index (χ2v) is 6.94. The van der Waals surface area contributed by atoms with Gasteiger partial charge in [-0.2, -0.15) is 4.99 Å². The molecule has 0 atom stereocenters. The van der Waals surface area contributed by atoms with Crippen molar-refractivity contribution in [3.63, 3.8) is 0 Å². The smallest absolute Gasteiger partial charge is 0.326 e. The molecule has 1 amide bonds. The fraction of sp³-hybridized carbons (Fsp3) is 0.250. The third-order valence-corrected chi connectivity index (χ3v) is 4.86. The van der Waals surface area contributed by atoms with E-state index in [4.69, 9.17) is 9.47 Å². The first-order valence-corrected chi connectivity index (χ1v) is 9.69. The minimum absolute atomic E-state index is 0.00320. The summed E-state index contributed by atoms with van der Waals surface area (Å²) in [6.45, 7) is 1.56. The predicted octanol–water partition coefficient (Wildman–Crippen LogP) is 3.44. The van der Waals surface area contributed by atoms with Crippen molar-refractivity contribution in [1.82, 2.24) is 4.57 Å². The van der Waals surface area contributed by atoms with Gasteiger partial charge < -0.3 is 14.0 Å². The third kappa shape index (κ3) is 5.26. The number of hydrogen-bond acceptors (Lipinski definition) is 5. The van der Waals surface area contributed by atoms with Gasteiger partial charge in [-0.25, -0.2) is 8.78 Å². The average molecular weight is 420 g/mol. The molecule has 0 aliphatic carbocycles. The van der Waals surface area contributed by atoms with E-state index in [1.165, 1.54) is 4.57 Å². The first-order valence-electron chi connectivity index (χ1n) is 8.87. The first-order chi connectivity index (χ1) is 14.0. The number of carbonyl (C=O) groups is 2. The van der Waals surface area contributed by atoms with E-state index in [1.54, 1.807) is 19.1 Å². The average Bonchev–Trinajstić information content (AvgIpc) is 2.99. The van der Waals surface area contributed by atoms with Gasteiger partial charge in [0.2, 0.25) is 0 Å². The molecular weight excluding hydrogens is 402 g/mol. The van der Waals surface area contributed by atoms with Gasteiger partial charge >= 0.3 is 5.97 Å². The molecule has 1 heterocycles. The fourth-order valence-electron chi connectivity index (χ4n) is 2.63. The zero-order valence-electron chi connectivity index (χ0n) is 15.6. The first kappa shape index (κ1) is 20.7. The van der Waals surface area contributed by atoms with Crippen LogP contribution in [0.3, 0.4) is 0 Å². The molecule has 6 nitrogen and oxygen atoms in total. The summed E-state index contributed by atoms with van der Waals surface area (Å²) in [5.74, 6) is -2.10. The van der Waals surface area contributed by atoms with E-state index in [0.717, 1.165) is 23.5 Å². The molecular formula is C20H18F2N2O4S. The van der Waals surface area contributed by atoms with Gasteiger partial charge in [-0.3, -0.25) is 9.59 Å². The molecule has 0 aliphatic rings. The van der Waals surface area contributed by atoms with Crippen LogP contribution in [0.5, 0.6) is 5.75 Å². The number of ether oxygens (including phenoxy) is 2. The van der Waals surface area contributed by atoms with E-state index in [9.17, 15) is 18.4 Å². The van der Waals surface area contributed by atoms with Gasteiger partial charge in [-0.15, -0.1) is 0 Å². The maximum atomic E-state index is 14.3. The number of benzene rings is 2. The van der Waals surface area contributed by atoms with Crippen LogP contribution in [0.2, 0.25) is 0 Å². The van der Waals surface area contributed by atoms with Gasteiger partial charge in [0.1, 0.15) is 18.1 Å². The number of nitrogens with zero attached hydrogens (tertiary/aromatic N) is 2. The molecule has 2 aromatic carbocycles. The SMILES string of the molecule is CCOC(=O)Cn1c(=NC(=O)CCOc2ccccc2)sc2cc(F)cc(F)c21. The minimum Gasteiger partial charge on any atom is -0.493 e. The Bertz CT molecular complexity index is 1090. The Hall–Kier alpha value is -3.07. The summed E-state index contributed by atoms with van der Waals surface area (Å²) in [4.78, 5) is 28.2. The van der Waals surface area contributed by atoms with Crippen molar-refractivity contribution in [1.29, 1.82) is 0 Å². The molecule has 0 fully saturated rings. The fourth-order valence-corrected chi connectivity index (χ4v) is 3.72. The second-order valence-electron chi connectivity index (χ2n) is 5.93. The number of hydrogen-bond donors (Lipinski definition) is 0. The second kappa shape index (κ2) is 9.42. The maximum absolute atomic E-state index is 14.3. The molecule has 3 rings (SSSR count). The Morgan fingerprint density at radius 1 is 1.17 bits per heavy atom. The molecule has 3 aromatic rings. The van der Waals surface area contributed by atoms with Crippen molar-refractivity contribution >= 4 is 33.4 Å². The van der Waals surface area contributed by atoms with Crippen LogP contribution in [0.15, 0.2) is 47.5 Å². The molecule has 0 bridgehead atoms. The minimum atomic E-state index is -0.846. The molecule has 29 heavy (non-hydrogen) atoms. The Morgan fingerprint density at radius 2 is 1.93 bits per heavy atom. The zero-order chi connectivity index (χ0) is 20.8. The molecule has 0 saturated carbocycles. The lowest BCUT2D eigenvalue weighted by Crippen LogP contribution is -2.23. The van der Waals surface area contributed by atoms with Crippen LogP contribution in [0.25, 0.3) is 10.2 Å². The Balaban J connectivity index is 1.86. The van der Waals surface area contributed by atoms with Gasteiger partial charge in [0.15, 0.2) is 10.6 Å². The Morgan fingerprint density at radius 3 is 2.66 bits per heavy atom. The van der Waals surface area contributed by atoms with E-state index in [1.807, 2.05) is 18.2 Å². The highest BCUT2D eigenvalue weighted by Crippen LogP contribution is 2.22. The van der Waals surface area contributed by atoms with E-state index >= 15 is 0 Å². The highest BCUT2D eigenvalue weighted by molar-refractivity contribution is 7.16. The van der Waals surface area contributed by atoms with E-state index in [0.29, 0.717) is 5.75 Å². The number of aromatic nitrogens is 1. The number of para-hydroxylation sites is 1. The van der Waals surface area contributed by atoms with Crippen LogP contribution < -0.4 is 9.54 Å². The van der Waals surface area contributed by atoms with Crippen LogP contribution in [0.1, 0.15) is 13.3 Å². The van der Waals surface area contributed by atoms with Gasteiger partial charge in [0.25, 0.3) is 5.91 Å². The third-order valence-electron chi connectivity index (χ3n) is 3.84. The van der Waals surface area contributed by atoms with Crippen LogP contribution in [0.4, 0.5) is 8.78 Å². The van der Waals surface area contributed by atoms with E-state index in [-0.39, 0.29) is 41.2 Å². The molecule has 0 unspecified atom stereocenters. The molecule has 9 heteroatoms. The molecule has 0 N–H and O–H groups in total. The lowest BCUT2D eigenvalue weighted by atomic mass is 10.3. The molecule has 152 valence electrons. The lowest BCUT2D eigenvalue weighted by molar-refractivity contribution is -0.143. The number of rotatable bonds is 7. The summed E-state index contributed by atoms with van der Waals surface area (Å²) in [6.07, 6.45) is -0.0145. The van der Waals surface area contributed by atoms with Gasteiger partial charge in [-0.1, -0.05) is 29.5 Å². The summed E-state index contributed by atoms with van der Waals surface area (Å²) in [6, 6.07) is 10.8. The van der Waals surface area contributed by atoms with Crippen molar-refractivity contribution in [2.24, 2.45) is 4.99 Å². The number of esters is 1. The van der Waals surface area contributed by atoms with Crippen LogP contribution in [0, 0.1) is 11.6 Å². The number of carbonyl (C=O) groups excluding carboxylic acids is 2. The summed E-state index contributed by atoms with van der Waals surface area (Å²) in [5, 5.41) is 0. The van der Waals surface area contributed by atoms with Crippen LogP contribution in [-0.2, 0) is 20.9 Å². The summed E-state index contributed by atoms with van der Waals surface area (Å²) in [7, 11) is 0. The number of amides is 1. The van der Waals surface area contributed by atoms with E-state index in [2.05, 4.69) is 4.99 Å². The maximum Gasteiger partial charge on any atom is 0.326 e. The molecule has 1 aromatic heterocycles. The Kier molecular flexibility index (Phi) is 6.71. The van der Waals surface area contributed by atoms with Crippen molar-refractivity contribution in [2.75, 3.05) is 13.2 Å². The number of fused-ring (bicyclic) bond motifs is 1. The zero-order valence-corrected chi connectivity index (χ0v) is 16.4. The monoisotopic (exact) mass is 420 g/mol. The topological polar surface area (TPSA) is 69.9 Å². The van der Waals surface area contributed by atoms with Crippen molar-refractivity contribution in [3.05, 3.63) is 58.9 Å². The Labute approximate surface area is 169 Å². The summed E-state index contributed by atoms with van der Waals surface area (Å²) >= 11 is 0.917. The van der Waals surface area contributed by atoms with E-state index < -0.39 is 23.5 Å². The van der Waals surface area contributed by atoms with Crippen LogP contribution >= 0.6 is 11.3 Å². The number of thiazole rings is 1. The van der Waals surface area contributed by atoms with Gasteiger partial charge in [-0.05, 0) is 25.1 Å². The van der Waals surface area contributed by atoms with Crippen molar-refractivity contribution < 1.29 is 27.8 Å². The predicted molar refractivity (Wildman–Crippen MR) is 103 cm³/mol.